The molecule has 0 bridgehead atoms. The summed E-state index contributed by atoms with van der Waals surface area (Å²) in [6.45, 7) is 6.95. The Morgan fingerprint density at radius 3 is 2.71 bits per heavy atom. The number of carbonyl (C=O) groups is 1. The lowest BCUT2D eigenvalue weighted by Crippen LogP contribution is -2.43. The van der Waals surface area contributed by atoms with Crippen molar-refractivity contribution in [3.63, 3.8) is 0 Å². The molecule has 0 aliphatic carbocycles. The number of carbonyl (C=O) groups excluding carboxylic acids is 1. The molecular weight excluding hydrogens is 326 g/mol. The van der Waals surface area contributed by atoms with Crippen LogP contribution in [0, 0.1) is 0 Å². The minimum Gasteiger partial charge on any atom is -0.383 e. The zero-order valence-electron chi connectivity index (χ0n) is 14.7. The molecule has 0 aromatic heterocycles. The van der Waals surface area contributed by atoms with Gasteiger partial charge in [-0.15, -0.1) is 0 Å². The number of benzene rings is 1. The maximum absolute atomic E-state index is 12.5. The van der Waals surface area contributed by atoms with Crippen LogP contribution in [-0.2, 0) is 16.1 Å². The number of ether oxygens (including phenoxy) is 1. The molecule has 0 unspecified atom stereocenters. The Kier molecular flexibility index (Phi) is 7.49. The molecule has 0 spiro atoms. The number of nitrogens with one attached hydrogen (secondary N) is 2. The summed E-state index contributed by atoms with van der Waals surface area (Å²) in [6.07, 6.45) is 0.824. The Bertz CT molecular complexity index is 522. The van der Waals surface area contributed by atoms with Gasteiger partial charge in [0.15, 0.2) is 0 Å². The highest BCUT2D eigenvalue weighted by Gasteiger charge is 2.36. The lowest BCUT2D eigenvalue weighted by atomic mass is 10.1. The first-order chi connectivity index (χ1) is 11.5. The first-order valence-electron chi connectivity index (χ1n) is 8.50. The molecule has 1 fully saturated rings. The van der Waals surface area contributed by atoms with Crippen molar-refractivity contribution < 1.29 is 9.53 Å². The van der Waals surface area contributed by atoms with E-state index in [1.54, 1.807) is 7.11 Å². The fourth-order valence-electron chi connectivity index (χ4n) is 3.16. The fraction of sp³-hybridized carbons (Fsp3) is 0.611. The second-order valence-corrected chi connectivity index (χ2v) is 7.05. The summed E-state index contributed by atoms with van der Waals surface area (Å²) < 4.78 is 5.01. The molecular formula is C18H28ClN3O2. The van der Waals surface area contributed by atoms with E-state index in [4.69, 9.17) is 16.3 Å². The van der Waals surface area contributed by atoms with Gasteiger partial charge in [0.25, 0.3) is 0 Å². The maximum Gasteiger partial charge on any atom is 0.237 e. The monoisotopic (exact) mass is 353 g/mol. The van der Waals surface area contributed by atoms with Gasteiger partial charge in [-0.1, -0.05) is 37.6 Å². The minimum absolute atomic E-state index is 0.0778. The molecule has 134 valence electrons. The molecule has 1 aromatic rings. The van der Waals surface area contributed by atoms with Crippen LogP contribution in [0.3, 0.4) is 0 Å². The summed E-state index contributed by atoms with van der Waals surface area (Å²) in [6, 6.07) is 8.44. The van der Waals surface area contributed by atoms with Gasteiger partial charge in [-0.2, -0.15) is 0 Å². The van der Waals surface area contributed by atoms with Crippen molar-refractivity contribution in [1.29, 1.82) is 0 Å². The van der Waals surface area contributed by atoms with Crippen LogP contribution in [0.4, 0.5) is 0 Å². The van der Waals surface area contributed by atoms with Crippen molar-refractivity contribution in [2.45, 2.75) is 44.9 Å². The predicted octanol–water partition coefficient (Wildman–Crippen LogP) is 2.04. The molecule has 0 radical (unpaired) electrons. The maximum atomic E-state index is 12.5. The molecule has 24 heavy (non-hydrogen) atoms. The van der Waals surface area contributed by atoms with Crippen molar-refractivity contribution in [1.82, 2.24) is 15.5 Å². The van der Waals surface area contributed by atoms with Crippen LogP contribution < -0.4 is 10.6 Å². The fourth-order valence-corrected chi connectivity index (χ4v) is 3.29. The molecule has 1 heterocycles. The predicted molar refractivity (Wildman–Crippen MR) is 97.2 cm³/mol. The third-order valence-corrected chi connectivity index (χ3v) is 4.43. The van der Waals surface area contributed by atoms with Crippen molar-refractivity contribution in [2.24, 2.45) is 0 Å². The molecule has 5 nitrogen and oxygen atoms in total. The van der Waals surface area contributed by atoms with E-state index in [1.165, 1.54) is 5.56 Å². The van der Waals surface area contributed by atoms with Crippen LogP contribution in [0.15, 0.2) is 24.3 Å². The van der Waals surface area contributed by atoms with Gasteiger partial charge in [0.1, 0.15) is 0 Å². The van der Waals surface area contributed by atoms with Crippen LogP contribution in [0.2, 0.25) is 5.02 Å². The van der Waals surface area contributed by atoms with Gasteiger partial charge in [-0.05, 0) is 24.1 Å². The Balaban J connectivity index is 2.02. The Hall–Kier alpha value is -1.14. The van der Waals surface area contributed by atoms with E-state index in [0.717, 1.165) is 24.5 Å². The van der Waals surface area contributed by atoms with Gasteiger partial charge in [-0.3, -0.25) is 9.69 Å². The Morgan fingerprint density at radius 1 is 1.38 bits per heavy atom. The van der Waals surface area contributed by atoms with Crippen molar-refractivity contribution in [3.8, 4) is 0 Å². The van der Waals surface area contributed by atoms with Crippen molar-refractivity contribution in [2.75, 3.05) is 26.8 Å². The minimum atomic E-state index is -0.117. The normalized spacial score (nSPS) is 21.4. The molecule has 1 aromatic carbocycles. The summed E-state index contributed by atoms with van der Waals surface area (Å²) in [5.74, 6) is 0.0778. The number of methoxy groups -OCH3 is 1. The summed E-state index contributed by atoms with van der Waals surface area (Å²) in [7, 11) is 1.64. The standard InChI is InChI=1S/C18H28ClN3O2/c1-13(2)21-16-10-17(18(23)20-8-9-24-3)22(12-16)11-14-4-6-15(19)7-5-14/h4-7,13,16-17,21H,8-12H2,1-3H3,(H,20,23)/t16-,17+/m1/s1. The van der Waals surface area contributed by atoms with E-state index in [-0.39, 0.29) is 11.9 Å². The van der Waals surface area contributed by atoms with E-state index in [9.17, 15) is 4.79 Å². The van der Waals surface area contributed by atoms with Gasteiger partial charge in [0.2, 0.25) is 5.91 Å². The van der Waals surface area contributed by atoms with Gasteiger partial charge in [-0.25, -0.2) is 0 Å². The molecule has 0 saturated carbocycles. The average molecular weight is 354 g/mol. The lowest BCUT2D eigenvalue weighted by Gasteiger charge is -2.23. The number of hydrogen-bond acceptors (Lipinski definition) is 4. The largest absolute Gasteiger partial charge is 0.383 e. The summed E-state index contributed by atoms with van der Waals surface area (Å²) in [5.41, 5.74) is 1.17. The molecule has 2 N–H and O–H groups in total. The molecule has 6 heteroatoms. The summed E-state index contributed by atoms with van der Waals surface area (Å²) in [5, 5.41) is 7.25. The molecule has 1 amide bonds. The number of nitrogens with zero attached hydrogens (tertiary/aromatic N) is 1. The molecule has 2 rings (SSSR count). The highest BCUT2D eigenvalue weighted by atomic mass is 35.5. The van der Waals surface area contributed by atoms with Crippen LogP contribution in [-0.4, -0.2) is 55.7 Å². The van der Waals surface area contributed by atoms with E-state index in [1.807, 2.05) is 24.3 Å². The average Bonchev–Trinajstić information content (AvgIpc) is 2.91. The van der Waals surface area contributed by atoms with E-state index in [0.29, 0.717) is 25.2 Å². The van der Waals surface area contributed by atoms with Gasteiger partial charge >= 0.3 is 0 Å². The van der Waals surface area contributed by atoms with Crippen LogP contribution in [0.25, 0.3) is 0 Å². The van der Waals surface area contributed by atoms with Gasteiger partial charge in [0, 0.05) is 43.9 Å². The molecule has 2 atom stereocenters. The first-order valence-corrected chi connectivity index (χ1v) is 8.88. The van der Waals surface area contributed by atoms with Crippen molar-refractivity contribution in [3.05, 3.63) is 34.9 Å². The van der Waals surface area contributed by atoms with E-state index >= 15 is 0 Å². The second kappa shape index (κ2) is 9.37. The topological polar surface area (TPSA) is 53.6 Å². The van der Waals surface area contributed by atoms with E-state index in [2.05, 4.69) is 29.4 Å². The van der Waals surface area contributed by atoms with Crippen LogP contribution >= 0.6 is 11.6 Å². The third kappa shape index (κ3) is 5.74. The number of halogens is 1. The number of amides is 1. The smallest absolute Gasteiger partial charge is 0.237 e. The SMILES string of the molecule is COCCNC(=O)[C@@H]1C[C@@H](NC(C)C)CN1Cc1ccc(Cl)cc1. The van der Waals surface area contributed by atoms with Crippen LogP contribution in [0.5, 0.6) is 0 Å². The Labute approximate surface area is 149 Å². The first kappa shape index (κ1) is 19.2. The highest BCUT2D eigenvalue weighted by molar-refractivity contribution is 6.30. The molecule has 1 aliphatic heterocycles. The third-order valence-electron chi connectivity index (χ3n) is 4.18. The zero-order valence-corrected chi connectivity index (χ0v) is 15.5. The summed E-state index contributed by atoms with van der Waals surface area (Å²) >= 11 is 5.96. The Morgan fingerprint density at radius 2 is 2.08 bits per heavy atom. The second-order valence-electron chi connectivity index (χ2n) is 6.61. The molecule has 1 saturated heterocycles. The van der Waals surface area contributed by atoms with E-state index < -0.39 is 0 Å². The van der Waals surface area contributed by atoms with Gasteiger partial charge in [0.05, 0.1) is 12.6 Å². The number of likely N-dealkylation sites (tertiary alicyclic amines) is 1. The van der Waals surface area contributed by atoms with Gasteiger partial charge < -0.3 is 15.4 Å². The summed E-state index contributed by atoms with van der Waals surface area (Å²) in [4.78, 5) is 14.8. The van der Waals surface area contributed by atoms with Crippen LogP contribution in [0.1, 0.15) is 25.8 Å². The van der Waals surface area contributed by atoms with Crippen molar-refractivity contribution >= 4 is 17.5 Å². The molecule has 1 aliphatic rings. The zero-order chi connectivity index (χ0) is 17.5. The highest BCUT2D eigenvalue weighted by Crippen LogP contribution is 2.22. The quantitative estimate of drug-likeness (QED) is 0.702. The lowest BCUT2D eigenvalue weighted by molar-refractivity contribution is -0.125. The number of rotatable bonds is 8. The number of hydrogen-bond donors (Lipinski definition) is 2.